The predicted molar refractivity (Wildman–Crippen MR) is 84.0 cm³/mol. The highest BCUT2D eigenvalue weighted by Crippen LogP contribution is 2.45. The summed E-state index contributed by atoms with van der Waals surface area (Å²) in [5, 5.41) is 3.60. The maximum absolute atomic E-state index is 11.2. The molecule has 1 saturated carbocycles. The molecule has 1 fully saturated rings. The molecule has 3 atom stereocenters. The summed E-state index contributed by atoms with van der Waals surface area (Å²) in [6.07, 6.45) is 2.49. The SMILES string of the molecule is CCOC1CC(NCc2cccc(C(N)=O)c2)C1(C)CC. The van der Waals surface area contributed by atoms with E-state index in [0.717, 1.165) is 31.6 Å². The van der Waals surface area contributed by atoms with Crippen LogP contribution in [0.15, 0.2) is 24.3 Å². The zero-order chi connectivity index (χ0) is 15.5. The number of primary amides is 1. The minimum absolute atomic E-state index is 0.192. The van der Waals surface area contributed by atoms with E-state index in [1.807, 2.05) is 25.1 Å². The van der Waals surface area contributed by atoms with E-state index in [4.69, 9.17) is 10.5 Å². The Morgan fingerprint density at radius 1 is 1.48 bits per heavy atom. The van der Waals surface area contributed by atoms with Crippen LogP contribution in [0.2, 0.25) is 0 Å². The van der Waals surface area contributed by atoms with Crippen molar-refractivity contribution in [3.05, 3.63) is 35.4 Å². The van der Waals surface area contributed by atoms with Gasteiger partial charge in [0.05, 0.1) is 6.10 Å². The standard InChI is InChI=1S/C17H26N2O2/c1-4-17(3)14(10-15(17)21-5-2)19-11-12-7-6-8-13(9-12)16(18)20/h6-9,14-15,19H,4-5,10-11H2,1-3H3,(H2,18,20). The number of rotatable bonds is 7. The summed E-state index contributed by atoms with van der Waals surface area (Å²) >= 11 is 0. The predicted octanol–water partition coefficient (Wildman–Crippen LogP) is 2.47. The topological polar surface area (TPSA) is 64.3 Å². The number of nitrogens with one attached hydrogen (secondary N) is 1. The Morgan fingerprint density at radius 3 is 2.86 bits per heavy atom. The van der Waals surface area contributed by atoms with Gasteiger partial charge in [-0.1, -0.05) is 26.0 Å². The van der Waals surface area contributed by atoms with Crippen molar-refractivity contribution >= 4 is 5.91 Å². The Bertz CT molecular complexity index is 503. The van der Waals surface area contributed by atoms with Crippen LogP contribution in [0.5, 0.6) is 0 Å². The van der Waals surface area contributed by atoms with Crippen molar-refractivity contribution < 1.29 is 9.53 Å². The minimum atomic E-state index is -0.379. The van der Waals surface area contributed by atoms with Gasteiger partial charge in [-0.15, -0.1) is 0 Å². The van der Waals surface area contributed by atoms with Crippen molar-refractivity contribution in [1.82, 2.24) is 5.32 Å². The van der Waals surface area contributed by atoms with Gasteiger partial charge in [0, 0.05) is 30.2 Å². The van der Waals surface area contributed by atoms with Crippen LogP contribution in [0, 0.1) is 5.41 Å². The van der Waals surface area contributed by atoms with E-state index in [-0.39, 0.29) is 11.3 Å². The van der Waals surface area contributed by atoms with Crippen LogP contribution in [0.4, 0.5) is 0 Å². The van der Waals surface area contributed by atoms with Gasteiger partial charge in [-0.2, -0.15) is 0 Å². The van der Waals surface area contributed by atoms with Crippen LogP contribution >= 0.6 is 0 Å². The molecule has 1 aromatic rings. The number of nitrogens with two attached hydrogens (primary N) is 1. The van der Waals surface area contributed by atoms with Crippen molar-refractivity contribution in [2.75, 3.05) is 6.61 Å². The van der Waals surface area contributed by atoms with Crippen molar-refractivity contribution in [2.24, 2.45) is 11.1 Å². The Hall–Kier alpha value is -1.39. The molecule has 3 N–H and O–H groups in total. The number of carbonyl (C=O) groups is 1. The van der Waals surface area contributed by atoms with E-state index in [1.54, 1.807) is 6.07 Å². The normalized spacial score (nSPS) is 28.1. The first-order valence-electron chi connectivity index (χ1n) is 7.75. The molecule has 0 radical (unpaired) electrons. The second kappa shape index (κ2) is 6.58. The van der Waals surface area contributed by atoms with Crippen LogP contribution < -0.4 is 11.1 Å². The molecule has 4 nitrogen and oxygen atoms in total. The Balaban J connectivity index is 1.95. The molecule has 3 unspecified atom stereocenters. The van der Waals surface area contributed by atoms with Gasteiger partial charge in [-0.3, -0.25) is 4.79 Å². The molecule has 116 valence electrons. The lowest BCUT2D eigenvalue weighted by molar-refractivity contribution is -0.126. The molecule has 0 heterocycles. The highest BCUT2D eigenvalue weighted by molar-refractivity contribution is 5.92. The molecule has 21 heavy (non-hydrogen) atoms. The van der Waals surface area contributed by atoms with Crippen molar-refractivity contribution in [3.63, 3.8) is 0 Å². The van der Waals surface area contributed by atoms with Crippen LogP contribution in [0.1, 0.15) is 49.5 Å². The number of hydrogen-bond donors (Lipinski definition) is 2. The highest BCUT2D eigenvalue weighted by atomic mass is 16.5. The summed E-state index contributed by atoms with van der Waals surface area (Å²) in [5.41, 5.74) is 7.16. The van der Waals surface area contributed by atoms with Gasteiger partial charge < -0.3 is 15.8 Å². The molecule has 4 heteroatoms. The maximum Gasteiger partial charge on any atom is 0.248 e. The molecule has 0 aromatic heterocycles. The summed E-state index contributed by atoms with van der Waals surface area (Å²) in [5.74, 6) is -0.379. The molecule has 2 rings (SSSR count). The molecule has 0 bridgehead atoms. The third kappa shape index (κ3) is 3.27. The first-order valence-corrected chi connectivity index (χ1v) is 7.75. The zero-order valence-corrected chi connectivity index (χ0v) is 13.2. The molecular formula is C17H26N2O2. The molecule has 1 aromatic carbocycles. The summed E-state index contributed by atoms with van der Waals surface area (Å²) in [6.45, 7) is 8.07. The second-order valence-corrected chi connectivity index (χ2v) is 6.04. The molecule has 0 saturated heterocycles. The Morgan fingerprint density at radius 2 is 2.24 bits per heavy atom. The van der Waals surface area contributed by atoms with E-state index in [0.29, 0.717) is 17.7 Å². The zero-order valence-electron chi connectivity index (χ0n) is 13.2. The molecule has 1 aliphatic carbocycles. The van der Waals surface area contributed by atoms with Crippen molar-refractivity contribution in [1.29, 1.82) is 0 Å². The highest BCUT2D eigenvalue weighted by Gasteiger charge is 2.50. The quantitative estimate of drug-likeness (QED) is 0.811. The van der Waals surface area contributed by atoms with Crippen LogP contribution in [0.3, 0.4) is 0 Å². The van der Waals surface area contributed by atoms with E-state index in [2.05, 4.69) is 19.2 Å². The van der Waals surface area contributed by atoms with Crippen molar-refractivity contribution in [2.45, 2.75) is 52.3 Å². The lowest BCUT2D eigenvalue weighted by Gasteiger charge is -2.53. The number of ether oxygens (including phenoxy) is 1. The Kier molecular flexibility index (Phi) is 5.01. The summed E-state index contributed by atoms with van der Waals surface area (Å²) in [7, 11) is 0. The fourth-order valence-electron chi connectivity index (χ4n) is 3.14. The van der Waals surface area contributed by atoms with Gasteiger partial charge in [-0.05, 0) is 37.5 Å². The number of hydrogen-bond acceptors (Lipinski definition) is 3. The summed E-state index contributed by atoms with van der Waals surface area (Å²) in [6, 6.07) is 7.95. The van der Waals surface area contributed by atoms with Crippen LogP contribution in [0.25, 0.3) is 0 Å². The number of carbonyl (C=O) groups excluding carboxylic acids is 1. The average Bonchev–Trinajstić information content (AvgIpc) is 2.49. The van der Waals surface area contributed by atoms with Gasteiger partial charge in [0.15, 0.2) is 0 Å². The van der Waals surface area contributed by atoms with E-state index in [1.165, 1.54) is 0 Å². The largest absolute Gasteiger partial charge is 0.378 e. The lowest BCUT2D eigenvalue weighted by Crippen LogP contribution is -2.61. The van der Waals surface area contributed by atoms with Crippen LogP contribution in [-0.4, -0.2) is 24.7 Å². The van der Waals surface area contributed by atoms with Crippen molar-refractivity contribution in [3.8, 4) is 0 Å². The van der Waals surface area contributed by atoms with Crippen LogP contribution in [-0.2, 0) is 11.3 Å². The number of benzene rings is 1. The molecule has 0 aliphatic heterocycles. The molecule has 0 spiro atoms. The molecule has 1 amide bonds. The third-order valence-electron chi connectivity index (χ3n) is 4.88. The smallest absolute Gasteiger partial charge is 0.248 e. The van der Waals surface area contributed by atoms with E-state index in [9.17, 15) is 4.79 Å². The van der Waals surface area contributed by atoms with Gasteiger partial charge >= 0.3 is 0 Å². The summed E-state index contributed by atoms with van der Waals surface area (Å²) < 4.78 is 5.82. The first kappa shape index (κ1) is 16.0. The molecule has 1 aliphatic rings. The Labute approximate surface area is 127 Å². The first-order chi connectivity index (χ1) is 10.0. The van der Waals surface area contributed by atoms with Gasteiger partial charge in [-0.25, -0.2) is 0 Å². The second-order valence-electron chi connectivity index (χ2n) is 6.04. The summed E-state index contributed by atoms with van der Waals surface area (Å²) in [4.78, 5) is 11.2. The monoisotopic (exact) mass is 290 g/mol. The molecular weight excluding hydrogens is 264 g/mol. The fourth-order valence-corrected chi connectivity index (χ4v) is 3.14. The van der Waals surface area contributed by atoms with Gasteiger partial charge in [0.25, 0.3) is 0 Å². The van der Waals surface area contributed by atoms with Gasteiger partial charge in [0.2, 0.25) is 5.91 Å². The average molecular weight is 290 g/mol. The lowest BCUT2D eigenvalue weighted by atomic mass is 9.61. The van der Waals surface area contributed by atoms with Gasteiger partial charge in [0.1, 0.15) is 0 Å². The third-order valence-corrected chi connectivity index (χ3v) is 4.88. The van der Waals surface area contributed by atoms with E-state index >= 15 is 0 Å². The van der Waals surface area contributed by atoms with E-state index < -0.39 is 0 Å². The maximum atomic E-state index is 11.2. The number of amides is 1. The minimum Gasteiger partial charge on any atom is -0.378 e. The fraction of sp³-hybridized carbons (Fsp3) is 0.588.